The normalized spacial score (nSPS) is 10.1. The molecule has 2 nitrogen and oxygen atoms in total. The Bertz CT molecular complexity index is 327. The van der Waals surface area contributed by atoms with Crippen molar-refractivity contribution in [3.63, 3.8) is 0 Å². The van der Waals surface area contributed by atoms with Crippen molar-refractivity contribution in [2.24, 2.45) is 5.73 Å². The Morgan fingerprint density at radius 1 is 1.54 bits per heavy atom. The van der Waals surface area contributed by atoms with Crippen LogP contribution in [0.15, 0.2) is 22.7 Å². The molecule has 0 aliphatic heterocycles. The van der Waals surface area contributed by atoms with Gasteiger partial charge in [-0.05, 0) is 27.6 Å². The molecular weight excluding hydrogens is 237 g/mol. The van der Waals surface area contributed by atoms with E-state index in [1.807, 2.05) is 0 Å². The van der Waals surface area contributed by atoms with Crippen LogP contribution in [0.5, 0.6) is 0 Å². The van der Waals surface area contributed by atoms with Gasteiger partial charge in [-0.15, -0.1) is 0 Å². The molecule has 0 aliphatic rings. The van der Waals surface area contributed by atoms with Gasteiger partial charge in [0.2, 0.25) is 0 Å². The van der Waals surface area contributed by atoms with Gasteiger partial charge in [-0.1, -0.05) is 12.1 Å². The largest absolute Gasteiger partial charge is 0.324 e. The van der Waals surface area contributed by atoms with Crippen LogP contribution in [0, 0.1) is 5.82 Å². The number of ketones is 1. The molecule has 0 unspecified atom stereocenters. The van der Waals surface area contributed by atoms with E-state index in [1.165, 1.54) is 6.07 Å². The highest BCUT2D eigenvalue weighted by molar-refractivity contribution is 9.10. The summed E-state index contributed by atoms with van der Waals surface area (Å²) in [6.45, 7) is -0.0110. The zero-order chi connectivity index (χ0) is 9.84. The van der Waals surface area contributed by atoms with Gasteiger partial charge in [0.15, 0.2) is 5.78 Å². The van der Waals surface area contributed by atoms with Crippen molar-refractivity contribution in [2.75, 3.05) is 6.54 Å². The van der Waals surface area contributed by atoms with Crippen molar-refractivity contribution < 1.29 is 9.18 Å². The summed E-state index contributed by atoms with van der Waals surface area (Å²) in [5.74, 6) is -0.464. The molecule has 13 heavy (non-hydrogen) atoms. The molecule has 0 aliphatic carbocycles. The van der Waals surface area contributed by atoms with Crippen LogP contribution in [0.3, 0.4) is 0 Å². The van der Waals surface area contributed by atoms with E-state index in [2.05, 4.69) is 15.9 Å². The van der Waals surface area contributed by atoms with Crippen LogP contribution in [0.1, 0.15) is 5.56 Å². The number of Topliss-reactive ketones (excluding diaryl/α,β-unsaturated/α-hetero) is 1. The Morgan fingerprint density at radius 2 is 2.23 bits per heavy atom. The van der Waals surface area contributed by atoms with Gasteiger partial charge in [-0.2, -0.15) is 0 Å². The van der Waals surface area contributed by atoms with Gasteiger partial charge in [0.05, 0.1) is 11.0 Å². The number of carbonyl (C=O) groups excluding carboxylic acids is 1. The van der Waals surface area contributed by atoms with Crippen LogP contribution in [0.2, 0.25) is 0 Å². The zero-order valence-corrected chi connectivity index (χ0v) is 8.47. The Morgan fingerprint density at radius 3 is 2.85 bits per heavy atom. The van der Waals surface area contributed by atoms with E-state index in [9.17, 15) is 9.18 Å². The fraction of sp³-hybridized carbons (Fsp3) is 0.222. The van der Waals surface area contributed by atoms with E-state index in [0.29, 0.717) is 10.0 Å². The molecule has 4 heteroatoms. The molecule has 0 spiro atoms. The van der Waals surface area contributed by atoms with E-state index in [-0.39, 0.29) is 24.6 Å². The molecule has 0 saturated heterocycles. The Labute approximate surface area is 84.1 Å². The summed E-state index contributed by atoms with van der Waals surface area (Å²) in [5, 5.41) is 0. The second-order valence-electron chi connectivity index (χ2n) is 2.63. The fourth-order valence-corrected chi connectivity index (χ4v) is 1.37. The molecule has 1 aromatic rings. The highest BCUT2D eigenvalue weighted by atomic mass is 79.9. The highest BCUT2D eigenvalue weighted by Crippen LogP contribution is 2.20. The van der Waals surface area contributed by atoms with Crippen LogP contribution in [-0.2, 0) is 11.2 Å². The lowest BCUT2D eigenvalue weighted by molar-refractivity contribution is -0.117. The van der Waals surface area contributed by atoms with Gasteiger partial charge < -0.3 is 5.73 Å². The lowest BCUT2D eigenvalue weighted by Crippen LogP contribution is -2.16. The maximum absolute atomic E-state index is 12.9. The van der Waals surface area contributed by atoms with Crippen LogP contribution < -0.4 is 5.73 Å². The SMILES string of the molecule is NCC(=O)Cc1cccc(F)c1Br. The number of hydrogen-bond acceptors (Lipinski definition) is 2. The van der Waals surface area contributed by atoms with E-state index >= 15 is 0 Å². The molecular formula is C9H9BrFNO. The van der Waals surface area contributed by atoms with E-state index in [4.69, 9.17) is 5.73 Å². The Balaban J connectivity index is 2.89. The minimum atomic E-state index is -0.359. The third-order valence-corrected chi connectivity index (χ3v) is 2.53. The monoisotopic (exact) mass is 245 g/mol. The molecule has 0 saturated carbocycles. The molecule has 0 radical (unpaired) electrons. The first-order valence-electron chi connectivity index (χ1n) is 3.80. The van der Waals surface area contributed by atoms with Gasteiger partial charge in [-0.3, -0.25) is 4.79 Å². The average Bonchev–Trinajstić information content (AvgIpc) is 2.13. The second kappa shape index (κ2) is 4.48. The fourth-order valence-electron chi connectivity index (χ4n) is 0.970. The number of nitrogens with two attached hydrogens (primary N) is 1. The minimum absolute atomic E-state index is 0.0110. The predicted molar refractivity (Wildman–Crippen MR) is 51.9 cm³/mol. The van der Waals surface area contributed by atoms with Gasteiger partial charge in [-0.25, -0.2) is 4.39 Å². The number of benzene rings is 1. The van der Waals surface area contributed by atoms with E-state index < -0.39 is 0 Å². The first-order chi connectivity index (χ1) is 6.15. The molecule has 0 amide bonds. The molecule has 0 atom stereocenters. The summed E-state index contributed by atoms with van der Waals surface area (Å²) in [5.41, 5.74) is 5.78. The maximum Gasteiger partial charge on any atom is 0.150 e. The summed E-state index contributed by atoms with van der Waals surface area (Å²) in [6, 6.07) is 4.60. The molecule has 0 aromatic heterocycles. The second-order valence-corrected chi connectivity index (χ2v) is 3.43. The molecule has 2 N–H and O–H groups in total. The number of carbonyl (C=O) groups is 1. The van der Waals surface area contributed by atoms with Crippen LogP contribution in [0.25, 0.3) is 0 Å². The molecule has 0 fully saturated rings. The summed E-state index contributed by atoms with van der Waals surface area (Å²) in [7, 11) is 0. The Kier molecular flexibility index (Phi) is 3.57. The lowest BCUT2D eigenvalue weighted by Gasteiger charge is -2.02. The maximum atomic E-state index is 12.9. The van der Waals surface area contributed by atoms with E-state index in [0.717, 1.165) is 0 Å². The highest BCUT2D eigenvalue weighted by Gasteiger charge is 2.07. The van der Waals surface area contributed by atoms with Crippen molar-refractivity contribution in [3.05, 3.63) is 34.1 Å². The number of halogens is 2. The standard InChI is InChI=1S/C9H9BrFNO/c10-9-6(4-7(13)5-12)2-1-3-8(9)11/h1-3H,4-5,12H2. The van der Waals surface area contributed by atoms with Crippen molar-refractivity contribution >= 4 is 21.7 Å². The average molecular weight is 246 g/mol. The van der Waals surface area contributed by atoms with Crippen molar-refractivity contribution in [1.29, 1.82) is 0 Å². The summed E-state index contributed by atoms with van der Waals surface area (Å²) in [6.07, 6.45) is 0.175. The third-order valence-electron chi connectivity index (χ3n) is 1.65. The molecule has 0 bridgehead atoms. The van der Waals surface area contributed by atoms with Crippen molar-refractivity contribution in [3.8, 4) is 0 Å². The summed E-state index contributed by atoms with van der Waals surface area (Å²) >= 11 is 3.07. The zero-order valence-electron chi connectivity index (χ0n) is 6.89. The number of rotatable bonds is 3. The predicted octanol–water partition coefficient (Wildman–Crippen LogP) is 1.66. The van der Waals surface area contributed by atoms with Gasteiger partial charge >= 0.3 is 0 Å². The quantitative estimate of drug-likeness (QED) is 0.881. The minimum Gasteiger partial charge on any atom is -0.324 e. The Hall–Kier alpha value is -0.740. The lowest BCUT2D eigenvalue weighted by atomic mass is 10.1. The van der Waals surface area contributed by atoms with Crippen LogP contribution in [-0.4, -0.2) is 12.3 Å². The van der Waals surface area contributed by atoms with Gasteiger partial charge in [0, 0.05) is 6.42 Å². The van der Waals surface area contributed by atoms with Crippen molar-refractivity contribution in [1.82, 2.24) is 0 Å². The van der Waals surface area contributed by atoms with Crippen LogP contribution in [0.4, 0.5) is 4.39 Å². The third kappa shape index (κ3) is 2.60. The van der Waals surface area contributed by atoms with E-state index in [1.54, 1.807) is 12.1 Å². The molecule has 1 aromatic carbocycles. The topological polar surface area (TPSA) is 43.1 Å². The first kappa shape index (κ1) is 10.3. The number of hydrogen-bond donors (Lipinski definition) is 1. The van der Waals surface area contributed by atoms with Crippen LogP contribution >= 0.6 is 15.9 Å². The molecule has 1 rings (SSSR count). The molecule has 70 valence electrons. The van der Waals surface area contributed by atoms with Gasteiger partial charge in [0.1, 0.15) is 5.82 Å². The summed E-state index contributed by atoms with van der Waals surface area (Å²) < 4.78 is 13.3. The summed E-state index contributed by atoms with van der Waals surface area (Å²) in [4.78, 5) is 11.0. The van der Waals surface area contributed by atoms with Gasteiger partial charge in [0.25, 0.3) is 0 Å². The molecule has 0 heterocycles. The van der Waals surface area contributed by atoms with Crippen molar-refractivity contribution in [2.45, 2.75) is 6.42 Å². The first-order valence-corrected chi connectivity index (χ1v) is 4.59. The smallest absolute Gasteiger partial charge is 0.150 e.